The van der Waals surface area contributed by atoms with E-state index in [-0.39, 0.29) is 17.6 Å². The van der Waals surface area contributed by atoms with Gasteiger partial charge in [-0.05, 0) is 42.8 Å². The molecule has 2 N–H and O–H groups in total. The van der Waals surface area contributed by atoms with E-state index in [1.807, 2.05) is 12.1 Å². The Kier molecular flexibility index (Phi) is 6.61. The number of thioether (sulfide) groups is 1. The van der Waals surface area contributed by atoms with Crippen molar-refractivity contribution in [2.75, 3.05) is 5.32 Å². The minimum atomic E-state index is -0.420. The average Bonchev–Trinajstić information content (AvgIpc) is 3.15. The number of anilines is 1. The Labute approximate surface area is 171 Å². The predicted molar refractivity (Wildman–Crippen MR) is 109 cm³/mol. The van der Waals surface area contributed by atoms with Crippen molar-refractivity contribution in [3.63, 3.8) is 0 Å². The predicted octanol–water partition coefficient (Wildman–Crippen LogP) is 3.16. The van der Waals surface area contributed by atoms with Crippen LogP contribution in [0.25, 0.3) is 5.69 Å². The Morgan fingerprint density at radius 1 is 1.21 bits per heavy atom. The number of carbonyl (C=O) groups excluding carboxylic acids is 2. The van der Waals surface area contributed by atoms with Crippen molar-refractivity contribution >= 4 is 29.3 Å². The maximum atomic E-state index is 13.0. The number of nitrogens with zero attached hydrogens (tertiary/aromatic N) is 3. The normalized spacial score (nSPS) is 11.7. The minimum absolute atomic E-state index is 0.160. The number of benzene rings is 2. The SMILES string of the molecule is CC(=O)Nc1cccc(-n2cnnc2SC(C)C(=O)NCc2ccc(F)cc2)c1. The maximum absolute atomic E-state index is 13.0. The third kappa shape index (κ3) is 5.64. The van der Waals surface area contributed by atoms with E-state index in [9.17, 15) is 14.0 Å². The molecule has 9 heteroatoms. The van der Waals surface area contributed by atoms with Gasteiger partial charge < -0.3 is 10.6 Å². The highest BCUT2D eigenvalue weighted by molar-refractivity contribution is 8.00. The standard InChI is InChI=1S/C20H20FN5O2S/c1-13(19(28)22-11-15-6-8-16(21)9-7-15)29-20-25-23-12-26(20)18-5-3-4-17(10-18)24-14(2)27/h3-10,12-13H,11H2,1-2H3,(H,22,28)(H,24,27). The summed E-state index contributed by atoms with van der Waals surface area (Å²) in [5.74, 6) is -0.640. The molecule has 0 saturated carbocycles. The third-order valence-electron chi connectivity index (χ3n) is 3.99. The van der Waals surface area contributed by atoms with E-state index in [1.54, 1.807) is 42.1 Å². The van der Waals surface area contributed by atoms with Crippen LogP contribution in [0.4, 0.5) is 10.1 Å². The highest BCUT2D eigenvalue weighted by Crippen LogP contribution is 2.25. The van der Waals surface area contributed by atoms with E-state index in [2.05, 4.69) is 20.8 Å². The van der Waals surface area contributed by atoms with Gasteiger partial charge in [-0.2, -0.15) is 0 Å². The van der Waals surface area contributed by atoms with Gasteiger partial charge in [0.1, 0.15) is 12.1 Å². The monoisotopic (exact) mass is 413 g/mol. The lowest BCUT2D eigenvalue weighted by atomic mass is 10.2. The van der Waals surface area contributed by atoms with Gasteiger partial charge in [-0.1, -0.05) is 30.0 Å². The number of nitrogens with one attached hydrogen (secondary N) is 2. The Morgan fingerprint density at radius 3 is 2.69 bits per heavy atom. The van der Waals surface area contributed by atoms with Crippen molar-refractivity contribution in [1.82, 2.24) is 20.1 Å². The van der Waals surface area contributed by atoms with E-state index >= 15 is 0 Å². The molecule has 3 aromatic rings. The third-order valence-corrected chi connectivity index (χ3v) is 5.05. The minimum Gasteiger partial charge on any atom is -0.351 e. The molecule has 0 aliphatic rings. The van der Waals surface area contributed by atoms with Crippen LogP contribution in [0, 0.1) is 5.82 Å². The van der Waals surface area contributed by atoms with E-state index in [4.69, 9.17) is 0 Å². The van der Waals surface area contributed by atoms with Crippen LogP contribution in [-0.2, 0) is 16.1 Å². The molecular weight excluding hydrogens is 393 g/mol. The molecule has 1 aromatic heterocycles. The van der Waals surface area contributed by atoms with Crippen LogP contribution in [-0.4, -0.2) is 31.8 Å². The molecule has 1 heterocycles. The molecule has 0 aliphatic carbocycles. The summed E-state index contributed by atoms with van der Waals surface area (Å²) in [5.41, 5.74) is 2.24. The average molecular weight is 413 g/mol. The van der Waals surface area contributed by atoms with Gasteiger partial charge in [0.2, 0.25) is 11.8 Å². The zero-order chi connectivity index (χ0) is 20.8. The van der Waals surface area contributed by atoms with Crippen LogP contribution >= 0.6 is 11.8 Å². The van der Waals surface area contributed by atoms with Crippen molar-refractivity contribution < 1.29 is 14.0 Å². The molecule has 0 bridgehead atoms. The lowest BCUT2D eigenvalue weighted by Crippen LogP contribution is -2.30. The van der Waals surface area contributed by atoms with Crippen LogP contribution in [0.5, 0.6) is 0 Å². The van der Waals surface area contributed by atoms with E-state index in [1.165, 1.54) is 30.8 Å². The smallest absolute Gasteiger partial charge is 0.233 e. The zero-order valence-electron chi connectivity index (χ0n) is 15.9. The molecule has 7 nitrogen and oxygen atoms in total. The van der Waals surface area contributed by atoms with Crippen LogP contribution in [0.3, 0.4) is 0 Å². The number of aromatic nitrogens is 3. The Bertz CT molecular complexity index is 1010. The van der Waals surface area contributed by atoms with Gasteiger partial charge in [-0.15, -0.1) is 10.2 Å². The van der Waals surface area contributed by atoms with E-state index < -0.39 is 5.25 Å². The molecule has 0 aliphatic heterocycles. The Balaban J connectivity index is 1.65. The van der Waals surface area contributed by atoms with E-state index in [0.717, 1.165) is 11.3 Å². The van der Waals surface area contributed by atoms with Crippen molar-refractivity contribution in [3.8, 4) is 5.69 Å². The second-order valence-electron chi connectivity index (χ2n) is 6.32. The van der Waals surface area contributed by atoms with E-state index in [0.29, 0.717) is 17.4 Å². The molecule has 2 aromatic carbocycles. The molecular formula is C20H20FN5O2S. The number of halogens is 1. The van der Waals surface area contributed by atoms with Crippen molar-refractivity contribution in [2.24, 2.45) is 0 Å². The summed E-state index contributed by atoms with van der Waals surface area (Å²) in [6, 6.07) is 13.2. The van der Waals surface area contributed by atoms with Gasteiger partial charge in [0.05, 0.1) is 10.9 Å². The summed E-state index contributed by atoms with van der Waals surface area (Å²) in [5, 5.41) is 13.7. The maximum Gasteiger partial charge on any atom is 0.233 e. The van der Waals surface area contributed by atoms with Gasteiger partial charge in [0, 0.05) is 19.2 Å². The van der Waals surface area contributed by atoms with Gasteiger partial charge in [-0.25, -0.2) is 4.39 Å². The lowest BCUT2D eigenvalue weighted by molar-refractivity contribution is -0.120. The molecule has 0 saturated heterocycles. The fourth-order valence-corrected chi connectivity index (χ4v) is 3.43. The number of carbonyl (C=O) groups is 2. The Hall–Kier alpha value is -3.20. The molecule has 1 unspecified atom stereocenters. The summed E-state index contributed by atoms with van der Waals surface area (Å²) in [4.78, 5) is 23.7. The Morgan fingerprint density at radius 2 is 1.97 bits per heavy atom. The topological polar surface area (TPSA) is 88.9 Å². The van der Waals surface area contributed by atoms with Gasteiger partial charge >= 0.3 is 0 Å². The summed E-state index contributed by atoms with van der Waals surface area (Å²) in [6.07, 6.45) is 1.55. The van der Waals surface area contributed by atoms with Crippen LogP contribution in [0.15, 0.2) is 60.0 Å². The van der Waals surface area contributed by atoms with Crippen LogP contribution in [0.2, 0.25) is 0 Å². The van der Waals surface area contributed by atoms with Crippen LogP contribution < -0.4 is 10.6 Å². The molecule has 0 fully saturated rings. The summed E-state index contributed by atoms with van der Waals surface area (Å²) < 4.78 is 14.7. The first-order valence-corrected chi connectivity index (χ1v) is 9.77. The van der Waals surface area contributed by atoms with Crippen molar-refractivity contribution in [3.05, 3.63) is 66.2 Å². The number of amides is 2. The number of hydrogen-bond donors (Lipinski definition) is 2. The van der Waals surface area contributed by atoms with Gasteiger partial charge in [0.15, 0.2) is 5.16 Å². The molecule has 0 spiro atoms. The fraction of sp³-hybridized carbons (Fsp3) is 0.200. The highest BCUT2D eigenvalue weighted by Gasteiger charge is 2.18. The zero-order valence-corrected chi connectivity index (χ0v) is 16.7. The van der Waals surface area contributed by atoms with Crippen LogP contribution in [0.1, 0.15) is 19.4 Å². The van der Waals surface area contributed by atoms with Crippen molar-refractivity contribution in [2.45, 2.75) is 30.8 Å². The molecule has 150 valence electrons. The molecule has 3 rings (SSSR count). The first-order chi connectivity index (χ1) is 13.9. The molecule has 2 amide bonds. The summed E-state index contributed by atoms with van der Waals surface area (Å²) >= 11 is 1.27. The fourth-order valence-electron chi connectivity index (χ4n) is 2.57. The van der Waals surface area contributed by atoms with Crippen molar-refractivity contribution in [1.29, 1.82) is 0 Å². The largest absolute Gasteiger partial charge is 0.351 e. The highest BCUT2D eigenvalue weighted by atomic mass is 32.2. The molecule has 0 radical (unpaired) electrons. The summed E-state index contributed by atoms with van der Waals surface area (Å²) in [6.45, 7) is 3.53. The summed E-state index contributed by atoms with van der Waals surface area (Å²) in [7, 11) is 0. The second kappa shape index (κ2) is 9.33. The van der Waals surface area contributed by atoms with Gasteiger partial charge in [-0.3, -0.25) is 14.2 Å². The molecule has 29 heavy (non-hydrogen) atoms. The molecule has 1 atom stereocenters. The second-order valence-corrected chi connectivity index (χ2v) is 7.63. The van der Waals surface area contributed by atoms with Gasteiger partial charge in [0.25, 0.3) is 0 Å². The number of hydrogen-bond acceptors (Lipinski definition) is 5. The first kappa shape index (κ1) is 20.5. The lowest BCUT2D eigenvalue weighted by Gasteiger charge is -2.13. The quantitative estimate of drug-likeness (QED) is 0.581. The first-order valence-electron chi connectivity index (χ1n) is 8.89. The number of rotatable bonds is 7.